The van der Waals surface area contributed by atoms with E-state index in [1.165, 1.54) is 6.07 Å². The molecule has 7 heteroatoms. The molecule has 2 aliphatic carbocycles. The summed E-state index contributed by atoms with van der Waals surface area (Å²) < 4.78 is 12.1. The SMILES string of the molecule is CC1(C)OB(c2cc([N+](=O)[O-])c3c(c2)C2(CCC2)C(=O)C3)OC1(C)C. The minimum Gasteiger partial charge on any atom is -0.399 e. The molecular formula is C18H22BNO5. The van der Waals surface area contributed by atoms with Crippen molar-refractivity contribution in [1.29, 1.82) is 0 Å². The summed E-state index contributed by atoms with van der Waals surface area (Å²) in [5, 5.41) is 11.6. The Morgan fingerprint density at radius 3 is 2.20 bits per heavy atom. The van der Waals surface area contributed by atoms with Gasteiger partial charge in [-0.1, -0.05) is 12.5 Å². The van der Waals surface area contributed by atoms with Crippen LogP contribution >= 0.6 is 0 Å². The lowest BCUT2D eigenvalue weighted by molar-refractivity contribution is -0.385. The molecule has 2 fully saturated rings. The molecule has 3 aliphatic rings. The molecule has 1 aliphatic heterocycles. The van der Waals surface area contributed by atoms with Crippen LogP contribution in [0.1, 0.15) is 58.1 Å². The Hall–Kier alpha value is -1.73. The molecule has 132 valence electrons. The van der Waals surface area contributed by atoms with Gasteiger partial charge >= 0.3 is 7.12 Å². The number of nitro benzene ring substituents is 1. The van der Waals surface area contributed by atoms with E-state index in [0.29, 0.717) is 11.0 Å². The van der Waals surface area contributed by atoms with E-state index in [1.54, 1.807) is 0 Å². The highest BCUT2D eigenvalue weighted by molar-refractivity contribution is 6.62. The zero-order chi connectivity index (χ0) is 18.2. The monoisotopic (exact) mass is 343 g/mol. The number of nitrogens with zero attached hydrogens (tertiary/aromatic N) is 1. The summed E-state index contributed by atoms with van der Waals surface area (Å²) in [5.74, 6) is 0.114. The van der Waals surface area contributed by atoms with Gasteiger partial charge in [0.2, 0.25) is 0 Å². The topological polar surface area (TPSA) is 78.7 Å². The van der Waals surface area contributed by atoms with Gasteiger partial charge in [-0.05, 0) is 51.6 Å². The van der Waals surface area contributed by atoms with Crippen molar-refractivity contribution < 1.29 is 19.0 Å². The molecule has 0 aromatic heterocycles. The van der Waals surface area contributed by atoms with Gasteiger partial charge in [-0.15, -0.1) is 0 Å². The summed E-state index contributed by atoms with van der Waals surface area (Å²) in [6.07, 6.45) is 2.71. The molecule has 1 aromatic carbocycles. The molecule has 1 aromatic rings. The number of rotatable bonds is 2. The van der Waals surface area contributed by atoms with Gasteiger partial charge in [0, 0.05) is 18.1 Å². The zero-order valence-electron chi connectivity index (χ0n) is 15.0. The van der Waals surface area contributed by atoms with E-state index in [4.69, 9.17) is 9.31 Å². The highest BCUT2D eigenvalue weighted by atomic mass is 16.7. The van der Waals surface area contributed by atoms with Crippen molar-refractivity contribution in [2.24, 2.45) is 0 Å². The lowest BCUT2D eigenvalue weighted by Gasteiger charge is -2.37. The minimum atomic E-state index is -0.665. The molecule has 1 saturated heterocycles. The van der Waals surface area contributed by atoms with Crippen molar-refractivity contribution >= 4 is 24.1 Å². The van der Waals surface area contributed by atoms with Crippen molar-refractivity contribution in [3.8, 4) is 0 Å². The predicted octanol–water partition coefficient (Wildman–Crippen LogP) is 2.44. The fourth-order valence-electron chi connectivity index (χ4n) is 4.13. The van der Waals surface area contributed by atoms with Crippen LogP contribution in [0.15, 0.2) is 12.1 Å². The number of fused-ring (bicyclic) bond motifs is 2. The van der Waals surface area contributed by atoms with Crippen LogP contribution in [-0.4, -0.2) is 29.0 Å². The molecule has 0 radical (unpaired) electrons. The van der Waals surface area contributed by atoms with Gasteiger partial charge in [-0.3, -0.25) is 14.9 Å². The number of hydrogen-bond acceptors (Lipinski definition) is 5. The highest BCUT2D eigenvalue weighted by Gasteiger charge is 2.55. The van der Waals surface area contributed by atoms with E-state index in [9.17, 15) is 14.9 Å². The van der Waals surface area contributed by atoms with E-state index in [-0.39, 0.29) is 17.9 Å². The summed E-state index contributed by atoms with van der Waals surface area (Å²) in [5.41, 5.74) is 0.493. The largest absolute Gasteiger partial charge is 0.495 e. The van der Waals surface area contributed by atoms with E-state index in [0.717, 1.165) is 24.8 Å². The molecule has 0 N–H and O–H groups in total. The smallest absolute Gasteiger partial charge is 0.399 e. The molecule has 1 spiro atoms. The van der Waals surface area contributed by atoms with Gasteiger partial charge in [-0.2, -0.15) is 0 Å². The summed E-state index contributed by atoms with van der Waals surface area (Å²) in [6, 6.07) is 3.43. The third-order valence-electron chi connectivity index (χ3n) is 6.56. The fraction of sp³-hybridized carbons (Fsp3) is 0.611. The van der Waals surface area contributed by atoms with Gasteiger partial charge in [-0.25, -0.2) is 0 Å². The Morgan fingerprint density at radius 1 is 1.12 bits per heavy atom. The second-order valence-corrected chi connectivity index (χ2v) is 8.45. The van der Waals surface area contributed by atoms with Crippen LogP contribution in [0.4, 0.5) is 5.69 Å². The van der Waals surface area contributed by atoms with Gasteiger partial charge in [0.15, 0.2) is 0 Å². The Balaban J connectivity index is 1.83. The van der Waals surface area contributed by atoms with Crippen LogP contribution in [0.3, 0.4) is 0 Å². The number of carbonyl (C=O) groups excluding carboxylic acids is 1. The van der Waals surface area contributed by atoms with Crippen LogP contribution in [0, 0.1) is 10.1 Å². The van der Waals surface area contributed by atoms with Gasteiger partial charge in [0.25, 0.3) is 5.69 Å². The molecule has 1 saturated carbocycles. The molecular weight excluding hydrogens is 321 g/mol. The average Bonchev–Trinajstić information content (AvgIpc) is 2.86. The number of Topliss-reactive ketones (excluding diaryl/α,β-unsaturated/α-hetero) is 1. The van der Waals surface area contributed by atoms with E-state index >= 15 is 0 Å². The first-order chi connectivity index (χ1) is 11.6. The number of benzene rings is 1. The standard InChI is InChI=1S/C18H22BNO5/c1-16(2)17(3,4)25-19(24-16)11-8-13-12(14(9-11)20(22)23)10-15(21)18(13)6-5-7-18/h8-9H,5-7,10H2,1-4H3. The van der Waals surface area contributed by atoms with Crippen LogP contribution < -0.4 is 5.46 Å². The minimum absolute atomic E-state index is 0.0133. The summed E-state index contributed by atoms with van der Waals surface area (Å²) in [6.45, 7) is 7.80. The summed E-state index contributed by atoms with van der Waals surface area (Å²) in [7, 11) is -0.665. The van der Waals surface area contributed by atoms with Crippen LogP contribution in [-0.2, 0) is 25.9 Å². The third-order valence-corrected chi connectivity index (χ3v) is 6.56. The van der Waals surface area contributed by atoms with Crippen molar-refractivity contribution in [3.05, 3.63) is 33.4 Å². The summed E-state index contributed by atoms with van der Waals surface area (Å²) >= 11 is 0. The maximum Gasteiger partial charge on any atom is 0.495 e. The van der Waals surface area contributed by atoms with Gasteiger partial charge in [0.05, 0.1) is 21.5 Å². The zero-order valence-corrected chi connectivity index (χ0v) is 15.0. The summed E-state index contributed by atoms with van der Waals surface area (Å²) in [4.78, 5) is 23.8. The van der Waals surface area contributed by atoms with E-state index < -0.39 is 28.7 Å². The Kier molecular flexibility index (Phi) is 3.29. The number of nitro groups is 1. The van der Waals surface area contributed by atoms with E-state index in [1.807, 2.05) is 33.8 Å². The third kappa shape index (κ3) is 2.15. The number of hydrogen-bond donors (Lipinski definition) is 0. The van der Waals surface area contributed by atoms with Crippen molar-refractivity contribution in [2.45, 2.75) is 70.0 Å². The average molecular weight is 343 g/mol. The maximum absolute atomic E-state index is 12.6. The first kappa shape index (κ1) is 16.7. The van der Waals surface area contributed by atoms with Crippen LogP contribution in [0.2, 0.25) is 0 Å². The van der Waals surface area contributed by atoms with Gasteiger partial charge in [0.1, 0.15) is 5.78 Å². The molecule has 0 bridgehead atoms. The lowest BCUT2D eigenvalue weighted by Crippen LogP contribution is -2.41. The lowest BCUT2D eigenvalue weighted by atomic mass is 9.63. The van der Waals surface area contributed by atoms with Crippen molar-refractivity contribution in [2.75, 3.05) is 0 Å². The molecule has 6 nitrogen and oxygen atoms in total. The van der Waals surface area contributed by atoms with Crippen molar-refractivity contribution in [1.82, 2.24) is 0 Å². The molecule has 0 unspecified atom stereocenters. The Bertz CT molecular complexity index is 781. The van der Waals surface area contributed by atoms with Crippen LogP contribution in [0.5, 0.6) is 0 Å². The first-order valence-electron chi connectivity index (χ1n) is 8.78. The van der Waals surface area contributed by atoms with E-state index in [2.05, 4.69) is 0 Å². The maximum atomic E-state index is 12.6. The quantitative estimate of drug-likeness (QED) is 0.468. The number of carbonyl (C=O) groups is 1. The van der Waals surface area contributed by atoms with Crippen LogP contribution in [0.25, 0.3) is 0 Å². The number of ketones is 1. The Labute approximate surface area is 147 Å². The first-order valence-corrected chi connectivity index (χ1v) is 8.78. The molecule has 25 heavy (non-hydrogen) atoms. The second kappa shape index (κ2) is 4.92. The fourth-order valence-corrected chi connectivity index (χ4v) is 4.13. The highest BCUT2D eigenvalue weighted by Crippen LogP contribution is 2.52. The molecule has 0 amide bonds. The predicted molar refractivity (Wildman–Crippen MR) is 93.1 cm³/mol. The Morgan fingerprint density at radius 2 is 1.72 bits per heavy atom. The second-order valence-electron chi connectivity index (χ2n) is 8.45. The molecule has 0 atom stereocenters. The normalized spacial score (nSPS) is 25.1. The van der Waals surface area contributed by atoms with Gasteiger partial charge < -0.3 is 9.31 Å². The van der Waals surface area contributed by atoms with Crippen molar-refractivity contribution in [3.63, 3.8) is 0 Å². The molecule has 1 heterocycles. The molecule has 4 rings (SSSR count).